The van der Waals surface area contributed by atoms with Crippen molar-refractivity contribution in [2.45, 2.75) is 11.3 Å². The van der Waals surface area contributed by atoms with Gasteiger partial charge in [0.1, 0.15) is 5.75 Å². The van der Waals surface area contributed by atoms with Crippen LogP contribution in [0, 0.1) is 6.42 Å². The van der Waals surface area contributed by atoms with E-state index < -0.39 is 0 Å². The molecule has 1 aliphatic rings. The first-order valence-electron chi connectivity index (χ1n) is 3.79. The summed E-state index contributed by atoms with van der Waals surface area (Å²) in [4.78, 5) is 0.635. The second-order valence-corrected chi connectivity index (χ2v) is 3.24. The Kier molecular flexibility index (Phi) is 2.21. The lowest BCUT2D eigenvalue weighted by molar-refractivity contribution is 0.306. The summed E-state index contributed by atoms with van der Waals surface area (Å²) in [6.45, 7) is 0.731. The maximum absolute atomic E-state index is 12.2. The second kappa shape index (κ2) is 3.35. The largest absolute Gasteiger partial charge is 0.493 e. The minimum Gasteiger partial charge on any atom is -0.493 e. The van der Waals surface area contributed by atoms with Crippen molar-refractivity contribution in [3.63, 3.8) is 0 Å². The SMILES string of the molecule is FSc1ccc2c(c1)[CH]CCO2. The molecule has 63 valence electrons. The lowest BCUT2D eigenvalue weighted by Crippen LogP contribution is -2.06. The van der Waals surface area contributed by atoms with Crippen LogP contribution in [0.5, 0.6) is 5.75 Å². The minimum absolute atomic E-state index is 0.266. The number of ether oxygens (including phenoxy) is 1. The molecule has 0 fully saturated rings. The van der Waals surface area contributed by atoms with Gasteiger partial charge >= 0.3 is 0 Å². The molecule has 0 bridgehead atoms. The van der Waals surface area contributed by atoms with Gasteiger partial charge in [-0.15, -0.1) is 0 Å². The Balaban J connectivity index is 2.36. The van der Waals surface area contributed by atoms with Gasteiger partial charge in [-0.3, -0.25) is 0 Å². The van der Waals surface area contributed by atoms with Gasteiger partial charge in [-0.25, -0.2) is 0 Å². The van der Waals surface area contributed by atoms with Crippen LogP contribution >= 0.6 is 12.1 Å². The fourth-order valence-electron chi connectivity index (χ4n) is 1.25. The van der Waals surface area contributed by atoms with Crippen LogP contribution < -0.4 is 4.74 Å². The molecule has 0 aromatic heterocycles. The fourth-order valence-corrected chi connectivity index (χ4v) is 1.54. The van der Waals surface area contributed by atoms with E-state index in [-0.39, 0.29) is 12.1 Å². The molecule has 0 spiro atoms. The predicted octanol–water partition coefficient (Wildman–Crippen LogP) is 3.00. The van der Waals surface area contributed by atoms with Crippen LogP contribution in [-0.2, 0) is 0 Å². The van der Waals surface area contributed by atoms with Crippen molar-refractivity contribution in [1.82, 2.24) is 0 Å². The van der Waals surface area contributed by atoms with Crippen molar-refractivity contribution >= 4 is 12.1 Å². The molecule has 1 radical (unpaired) electrons. The van der Waals surface area contributed by atoms with Crippen LogP contribution in [0.25, 0.3) is 0 Å². The number of rotatable bonds is 1. The third-order valence-corrected chi connectivity index (χ3v) is 2.24. The van der Waals surface area contributed by atoms with Crippen molar-refractivity contribution in [1.29, 1.82) is 0 Å². The quantitative estimate of drug-likeness (QED) is 0.662. The topological polar surface area (TPSA) is 9.23 Å². The van der Waals surface area contributed by atoms with Crippen LogP contribution in [0.15, 0.2) is 23.1 Å². The second-order valence-electron chi connectivity index (χ2n) is 2.62. The van der Waals surface area contributed by atoms with Gasteiger partial charge in [0, 0.05) is 4.90 Å². The molecule has 1 aromatic carbocycles. The number of hydrogen-bond donors (Lipinski definition) is 0. The zero-order chi connectivity index (χ0) is 8.39. The molecule has 0 atom stereocenters. The Morgan fingerprint density at radius 2 is 2.33 bits per heavy atom. The summed E-state index contributed by atoms with van der Waals surface area (Å²) in [6.07, 6.45) is 2.98. The van der Waals surface area contributed by atoms with Gasteiger partial charge < -0.3 is 4.74 Å². The predicted molar refractivity (Wildman–Crippen MR) is 46.9 cm³/mol. The summed E-state index contributed by atoms with van der Waals surface area (Å²) < 4.78 is 17.5. The molecular weight excluding hydrogens is 175 g/mol. The van der Waals surface area contributed by atoms with Gasteiger partial charge in [0.25, 0.3) is 0 Å². The first-order chi connectivity index (χ1) is 5.90. The molecule has 0 amide bonds. The highest BCUT2D eigenvalue weighted by molar-refractivity contribution is 7.94. The molecule has 12 heavy (non-hydrogen) atoms. The van der Waals surface area contributed by atoms with E-state index in [4.69, 9.17) is 4.74 Å². The Morgan fingerprint density at radius 3 is 3.17 bits per heavy atom. The average molecular weight is 183 g/mol. The molecule has 0 unspecified atom stereocenters. The zero-order valence-electron chi connectivity index (χ0n) is 6.42. The number of benzene rings is 1. The minimum atomic E-state index is 0.266. The normalized spacial score (nSPS) is 15.1. The Bertz CT molecular complexity index is 288. The lowest BCUT2D eigenvalue weighted by Gasteiger charge is -2.16. The van der Waals surface area contributed by atoms with Gasteiger partial charge in [0.05, 0.1) is 18.8 Å². The standard InChI is InChI=1S/C9H8FOS/c10-12-8-3-4-9-7(6-8)2-1-5-11-9/h2-4,6H,1,5H2. The maximum Gasteiger partial charge on any atom is 0.122 e. The van der Waals surface area contributed by atoms with E-state index in [1.165, 1.54) is 0 Å². The van der Waals surface area contributed by atoms with E-state index in [1.807, 2.05) is 6.07 Å². The third-order valence-electron chi connectivity index (χ3n) is 1.81. The van der Waals surface area contributed by atoms with Gasteiger partial charge in [0.2, 0.25) is 0 Å². The van der Waals surface area contributed by atoms with Crippen molar-refractivity contribution in [2.24, 2.45) is 0 Å². The fraction of sp³-hybridized carbons (Fsp3) is 0.222. The van der Waals surface area contributed by atoms with Crippen molar-refractivity contribution in [3.8, 4) is 5.75 Å². The van der Waals surface area contributed by atoms with Crippen molar-refractivity contribution < 1.29 is 8.62 Å². The molecule has 0 saturated carbocycles. The Labute approximate surface area is 75.2 Å². The molecule has 0 N–H and O–H groups in total. The van der Waals surface area contributed by atoms with Crippen LogP contribution in [0.3, 0.4) is 0 Å². The van der Waals surface area contributed by atoms with Crippen LogP contribution in [0.1, 0.15) is 12.0 Å². The van der Waals surface area contributed by atoms with E-state index in [0.29, 0.717) is 4.90 Å². The summed E-state index contributed by atoms with van der Waals surface area (Å²) in [5.74, 6) is 0.860. The molecule has 0 saturated heterocycles. The van der Waals surface area contributed by atoms with Crippen LogP contribution in [0.2, 0.25) is 0 Å². The Morgan fingerprint density at radius 1 is 1.42 bits per heavy atom. The van der Waals surface area contributed by atoms with E-state index in [2.05, 4.69) is 6.42 Å². The molecular formula is C9H8FOS. The molecule has 1 heterocycles. The first kappa shape index (κ1) is 7.92. The monoisotopic (exact) mass is 183 g/mol. The van der Waals surface area contributed by atoms with Crippen molar-refractivity contribution in [2.75, 3.05) is 6.61 Å². The molecule has 0 aliphatic carbocycles. The average Bonchev–Trinajstić information content (AvgIpc) is 2.17. The highest BCUT2D eigenvalue weighted by Crippen LogP contribution is 2.30. The third kappa shape index (κ3) is 1.41. The summed E-state index contributed by atoms with van der Waals surface area (Å²) in [6, 6.07) is 5.34. The van der Waals surface area contributed by atoms with E-state index >= 15 is 0 Å². The highest BCUT2D eigenvalue weighted by Gasteiger charge is 2.10. The molecule has 1 aliphatic heterocycles. The van der Waals surface area contributed by atoms with Gasteiger partial charge in [-0.2, -0.15) is 3.89 Å². The zero-order valence-corrected chi connectivity index (χ0v) is 7.23. The number of halogens is 1. The molecule has 3 heteroatoms. The summed E-state index contributed by atoms with van der Waals surface area (Å²) in [5, 5.41) is 0. The summed E-state index contributed by atoms with van der Waals surface area (Å²) in [7, 11) is 0. The first-order valence-corrected chi connectivity index (χ1v) is 4.50. The molecule has 2 rings (SSSR count). The molecule has 1 aromatic rings. The lowest BCUT2D eigenvalue weighted by atomic mass is 10.1. The van der Waals surface area contributed by atoms with E-state index in [1.54, 1.807) is 12.1 Å². The number of fused-ring (bicyclic) bond motifs is 1. The Hall–Kier alpha value is -0.700. The van der Waals surface area contributed by atoms with E-state index in [9.17, 15) is 3.89 Å². The highest BCUT2D eigenvalue weighted by atomic mass is 32.2. The van der Waals surface area contributed by atoms with Gasteiger partial charge in [0.15, 0.2) is 0 Å². The van der Waals surface area contributed by atoms with Gasteiger partial charge in [-0.05, 0) is 36.6 Å². The summed E-state index contributed by atoms with van der Waals surface area (Å²) in [5.41, 5.74) is 1.00. The molecule has 1 nitrogen and oxygen atoms in total. The smallest absolute Gasteiger partial charge is 0.122 e. The summed E-state index contributed by atoms with van der Waals surface area (Å²) >= 11 is 0.266. The maximum atomic E-state index is 12.2. The van der Waals surface area contributed by atoms with E-state index in [0.717, 1.165) is 24.3 Å². The van der Waals surface area contributed by atoms with Crippen LogP contribution in [0.4, 0.5) is 3.89 Å². The number of hydrogen-bond acceptors (Lipinski definition) is 2. The van der Waals surface area contributed by atoms with Crippen LogP contribution in [-0.4, -0.2) is 6.61 Å². The van der Waals surface area contributed by atoms with Crippen molar-refractivity contribution in [3.05, 3.63) is 30.2 Å². The van der Waals surface area contributed by atoms with Gasteiger partial charge in [-0.1, -0.05) is 0 Å².